The summed E-state index contributed by atoms with van der Waals surface area (Å²) in [7, 11) is 4.14. The Labute approximate surface area is 246 Å². The number of hydrogen-bond acceptors (Lipinski definition) is 10. The molecule has 0 saturated carbocycles. The Morgan fingerprint density at radius 2 is 1.52 bits per heavy atom. The summed E-state index contributed by atoms with van der Waals surface area (Å²) in [5, 5.41) is 2.62. The number of esters is 2. The normalized spacial score (nSPS) is 16.3. The van der Waals surface area contributed by atoms with E-state index in [2.05, 4.69) is 5.32 Å². The minimum absolute atomic E-state index is 0.00648. The predicted octanol–water partition coefficient (Wildman–Crippen LogP) is 2.08. The fourth-order valence-corrected chi connectivity index (χ4v) is 4.32. The van der Waals surface area contributed by atoms with Gasteiger partial charge in [0, 0.05) is 19.5 Å². The molecular weight excluding hydrogens is 550 g/mol. The number of piperazine rings is 1. The van der Waals surface area contributed by atoms with Gasteiger partial charge in [-0.15, -0.1) is 0 Å². The highest BCUT2D eigenvalue weighted by atomic mass is 16.6. The highest BCUT2D eigenvalue weighted by Gasteiger charge is 2.42. The van der Waals surface area contributed by atoms with Crippen molar-refractivity contribution >= 4 is 29.8 Å². The molecule has 13 heteroatoms. The van der Waals surface area contributed by atoms with Gasteiger partial charge in [0.25, 0.3) is 0 Å². The molecule has 42 heavy (non-hydrogen) atoms. The second-order valence-corrected chi connectivity index (χ2v) is 11.8. The van der Waals surface area contributed by atoms with Gasteiger partial charge in [-0.2, -0.15) is 0 Å². The van der Waals surface area contributed by atoms with Crippen molar-refractivity contribution < 1.29 is 47.7 Å². The first-order valence-corrected chi connectivity index (χ1v) is 13.6. The van der Waals surface area contributed by atoms with E-state index in [4.69, 9.17) is 23.7 Å². The molecule has 1 heterocycles. The molecule has 1 N–H and O–H groups in total. The summed E-state index contributed by atoms with van der Waals surface area (Å²) in [6.07, 6.45) is -1.27. The molecule has 13 nitrogen and oxygen atoms in total. The summed E-state index contributed by atoms with van der Waals surface area (Å²) < 4.78 is 26.2. The second kappa shape index (κ2) is 14.2. The van der Waals surface area contributed by atoms with Crippen LogP contribution in [0, 0.1) is 0 Å². The Balaban J connectivity index is 2.40. The summed E-state index contributed by atoms with van der Waals surface area (Å²) in [5.74, 6) is -1.67. The number of benzene rings is 1. The van der Waals surface area contributed by atoms with Crippen molar-refractivity contribution in [1.82, 2.24) is 15.1 Å². The van der Waals surface area contributed by atoms with Crippen LogP contribution in [0.5, 0.6) is 11.5 Å². The average molecular weight is 594 g/mol. The van der Waals surface area contributed by atoms with Gasteiger partial charge in [0.05, 0.1) is 27.8 Å². The van der Waals surface area contributed by atoms with Crippen LogP contribution < -0.4 is 14.8 Å². The van der Waals surface area contributed by atoms with Crippen LogP contribution in [0.25, 0.3) is 0 Å². The molecule has 1 aromatic rings. The highest BCUT2D eigenvalue weighted by Crippen LogP contribution is 2.28. The van der Waals surface area contributed by atoms with E-state index in [1.54, 1.807) is 59.7 Å². The second-order valence-electron chi connectivity index (χ2n) is 11.8. The zero-order chi connectivity index (χ0) is 31.8. The number of ether oxygens (including phenoxy) is 5. The molecule has 1 aliphatic heterocycles. The first-order chi connectivity index (χ1) is 19.5. The van der Waals surface area contributed by atoms with E-state index in [9.17, 15) is 24.0 Å². The van der Waals surface area contributed by atoms with Gasteiger partial charge in [-0.05, 0) is 59.2 Å². The molecule has 0 aromatic heterocycles. The number of hydrogen-bond donors (Lipinski definition) is 1. The van der Waals surface area contributed by atoms with Gasteiger partial charge in [0.2, 0.25) is 11.8 Å². The molecule has 2 atom stereocenters. The van der Waals surface area contributed by atoms with Gasteiger partial charge in [-0.1, -0.05) is 6.07 Å². The number of rotatable bonds is 10. The molecule has 3 amide bonds. The van der Waals surface area contributed by atoms with Crippen molar-refractivity contribution in [1.29, 1.82) is 0 Å². The minimum atomic E-state index is -1.27. The fourth-order valence-electron chi connectivity index (χ4n) is 4.32. The first-order valence-electron chi connectivity index (χ1n) is 13.6. The van der Waals surface area contributed by atoms with Crippen molar-refractivity contribution in [2.75, 3.05) is 41.0 Å². The number of carbonyl (C=O) groups excluding carboxylic acids is 5. The Bertz CT molecular complexity index is 1160. The summed E-state index contributed by atoms with van der Waals surface area (Å²) in [4.78, 5) is 67.5. The van der Waals surface area contributed by atoms with E-state index in [-0.39, 0.29) is 26.1 Å². The van der Waals surface area contributed by atoms with Crippen molar-refractivity contribution in [2.24, 2.45) is 0 Å². The predicted molar refractivity (Wildman–Crippen MR) is 151 cm³/mol. The zero-order valence-corrected chi connectivity index (χ0v) is 25.9. The van der Waals surface area contributed by atoms with Crippen LogP contribution >= 0.6 is 0 Å². The Kier molecular flexibility index (Phi) is 11.6. The lowest BCUT2D eigenvalue weighted by Crippen LogP contribution is -2.63. The zero-order valence-electron chi connectivity index (χ0n) is 25.9. The van der Waals surface area contributed by atoms with Gasteiger partial charge in [0.1, 0.15) is 29.8 Å². The van der Waals surface area contributed by atoms with Gasteiger partial charge in [-0.3, -0.25) is 19.2 Å². The number of nitrogens with zero attached hydrogens (tertiary/aromatic N) is 2. The average Bonchev–Trinajstić information content (AvgIpc) is 2.87. The maximum atomic E-state index is 14.0. The van der Waals surface area contributed by atoms with Crippen LogP contribution in [-0.4, -0.2) is 104 Å². The van der Waals surface area contributed by atoms with Crippen molar-refractivity contribution in [3.05, 3.63) is 23.8 Å². The van der Waals surface area contributed by atoms with Crippen LogP contribution in [0.1, 0.15) is 53.5 Å². The lowest BCUT2D eigenvalue weighted by Gasteiger charge is -2.41. The monoisotopic (exact) mass is 593 g/mol. The molecule has 1 aromatic carbocycles. The fraction of sp³-hybridized carbons (Fsp3) is 0.621. The van der Waals surface area contributed by atoms with E-state index in [0.717, 1.165) is 0 Å². The van der Waals surface area contributed by atoms with Crippen LogP contribution in [0.2, 0.25) is 0 Å². The molecule has 0 bridgehead atoms. The third-order valence-corrected chi connectivity index (χ3v) is 6.07. The Morgan fingerprint density at radius 1 is 0.905 bits per heavy atom. The maximum absolute atomic E-state index is 14.0. The van der Waals surface area contributed by atoms with Crippen molar-refractivity contribution in [2.45, 2.75) is 77.7 Å². The molecule has 0 unspecified atom stereocenters. The summed E-state index contributed by atoms with van der Waals surface area (Å²) in [5.41, 5.74) is -0.965. The van der Waals surface area contributed by atoms with E-state index in [1.807, 2.05) is 0 Å². The SMILES string of the molecule is COC(=O)C[C@H]1C(=O)N(CC(=O)OC(C)(C)C)CCN1C(=O)[C@H](Cc1ccc(OC)c(OC)c1)NC(=O)OC(C)(C)C. The number of alkyl carbamates (subject to hydrolysis) is 1. The lowest BCUT2D eigenvalue weighted by atomic mass is 10.0. The summed E-state index contributed by atoms with van der Waals surface area (Å²) in [6.45, 7) is 9.84. The molecule has 1 aliphatic rings. The minimum Gasteiger partial charge on any atom is -0.493 e. The van der Waals surface area contributed by atoms with E-state index >= 15 is 0 Å². The standard InChI is InChI=1S/C29H43N3O10/c1-28(2,3)41-24(34)17-31-12-13-32(20(26(31)36)16-23(33)40-9)25(35)19(30-27(37)42-29(4,5)6)14-18-10-11-21(38-7)22(15-18)39-8/h10-11,15,19-20H,12-14,16-17H2,1-9H3,(H,30,37)/t19-,20-/m0/s1. The van der Waals surface area contributed by atoms with Crippen LogP contribution in [0.15, 0.2) is 18.2 Å². The molecule has 2 rings (SSSR count). The molecule has 0 radical (unpaired) electrons. The van der Waals surface area contributed by atoms with Gasteiger partial charge in [0.15, 0.2) is 11.5 Å². The quantitative estimate of drug-likeness (QED) is 0.316. The van der Waals surface area contributed by atoms with Gasteiger partial charge in [-0.25, -0.2) is 4.79 Å². The molecule has 0 aliphatic carbocycles. The lowest BCUT2D eigenvalue weighted by molar-refractivity contribution is -0.164. The molecule has 1 saturated heterocycles. The molecule has 0 spiro atoms. The van der Waals surface area contributed by atoms with Crippen LogP contribution in [-0.2, 0) is 39.8 Å². The Morgan fingerprint density at radius 3 is 2.07 bits per heavy atom. The molecule has 1 fully saturated rings. The number of nitrogens with one attached hydrogen (secondary N) is 1. The topological polar surface area (TPSA) is 150 Å². The van der Waals surface area contributed by atoms with Crippen LogP contribution in [0.4, 0.5) is 4.79 Å². The van der Waals surface area contributed by atoms with Gasteiger partial charge < -0.3 is 38.8 Å². The number of methoxy groups -OCH3 is 3. The van der Waals surface area contributed by atoms with E-state index < -0.39 is 59.6 Å². The van der Waals surface area contributed by atoms with E-state index in [0.29, 0.717) is 17.1 Å². The number of carbonyl (C=O) groups is 5. The first kappa shape index (κ1) is 34.2. The third-order valence-electron chi connectivity index (χ3n) is 6.07. The summed E-state index contributed by atoms with van der Waals surface area (Å²) >= 11 is 0. The van der Waals surface area contributed by atoms with Gasteiger partial charge >= 0.3 is 18.0 Å². The maximum Gasteiger partial charge on any atom is 0.408 e. The molecular formula is C29H43N3O10. The van der Waals surface area contributed by atoms with Crippen molar-refractivity contribution in [3.63, 3.8) is 0 Å². The van der Waals surface area contributed by atoms with Crippen molar-refractivity contribution in [3.8, 4) is 11.5 Å². The highest BCUT2D eigenvalue weighted by molar-refractivity contribution is 5.95. The third kappa shape index (κ3) is 10.1. The summed E-state index contributed by atoms with van der Waals surface area (Å²) in [6, 6.07) is 2.61. The smallest absolute Gasteiger partial charge is 0.408 e. The molecule has 234 valence electrons. The number of amides is 3. The van der Waals surface area contributed by atoms with Crippen LogP contribution in [0.3, 0.4) is 0 Å². The van der Waals surface area contributed by atoms with E-state index in [1.165, 1.54) is 31.1 Å². The largest absolute Gasteiger partial charge is 0.493 e. The Hall–Kier alpha value is -4.03.